The van der Waals surface area contributed by atoms with Crippen LogP contribution in [0.1, 0.15) is 39.0 Å². The Labute approximate surface area is 137 Å². The van der Waals surface area contributed by atoms with Gasteiger partial charge in [-0.2, -0.15) is 0 Å². The van der Waals surface area contributed by atoms with Crippen LogP contribution in [-0.4, -0.2) is 61.9 Å². The lowest BCUT2D eigenvalue weighted by atomic mass is 10.0. The topological polar surface area (TPSA) is 65.1 Å². The van der Waals surface area contributed by atoms with Crippen LogP contribution in [0.4, 0.5) is 0 Å². The summed E-state index contributed by atoms with van der Waals surface area (Å²) in [7, 11) is 0. The van der Waals surface area contributed by atoms with E-state index >= 15 is 0 Å². The lowest BCUT2D eigenvalue weighted by molar-refractivity contribution is -0.165. The van der Waals surface area contributed by atoms with Crippen molar-refractivity contribution in [3.05, 3.63) is 12.2 Å². The smallest absolute Gasteiger partial charge is 0.331 e. The number of morpholine rings is 1. The predicted octanol–water partition coefficient (Wildman–Crippen LogP) is 1.68. The van der Waals surface area contributed by atoms with Gasteiger partial charge in [0, 0.05) is 25.2 Å². The summed E-state index contributed by atoms with van der Waals surface area (Å²) in [6, 6.07) is 0. The third-order valence-electron chi connectivity index (χ3n) is 4.20. The maximum atomic E-state index is 11.7. The number of carbonyl (C=O) groups excluding carboxylic acids is 2. The van der Waals surface area contributed by atoms with E-state index in [0.29, 0.717) is 6.42 Å². The third-order valence-corrected chi connectivity index (χ3v) is 4.20. The van der Waals surface area contributed by atoms with Gasteiger partial charge in [0.1, 0.15) is 12.2 Å². The van der Waals surface area contributed by atoms with E-state index in [2.05, 4.69) is 4.90 Å². The summed E-state index contributed by atoms with van der Waals surface area (Å²) < 4.78 is 16.2. The molecule has 1 fully saturated rings. The molecular weight excluding hydrogens is 298 g/mol. The van der Waals surface area contributed by atoms with E-state index in [9.17, 15) is 9.59 Å². The highest BCUT2D eigenvalue weighted by Crippen LogP contribution is 2.19. The maximum absolute atomic E-state index is 11.7. The van der Waals surface area contributed by atoms with Crippen molar-refractivity contribution in [2.45, 2.75) is 51.2 Å². The van der Waals surface area contributed by atoms with Gasteiger partial charge in [-0.3, -0.25) is 4.90 Å². The fourth-order valence-corrected chi connectivity index (χ4v) is 2.94. The van der Waals surface area contributed by atoms with Gasteiger partial charge in [0.05, 0.1) is 13.2 Å². The first kappa shape index (κ1) is 17.9. The van der Waals surface area contributed by atoms with Crippen LogP contribution in [0.5, 0.6) is 0 Å². The van der Waals surface area contributed by atoms with Crippen molar-refractivity contribution >= 4 is 11.9 Å². The first-order valence-corrected chi connectivity index (χ1v) is 8.58. The molecule has 0 amide bonds. The van der Waals surface area contributed by atoms with Gasteiger partial charge in [0.15, 0.2) is 0 Å². The number of cyclic esters (lactones) is 2. The number of unbranched alkanes of at least 4 members (excludes halogenated alkanes) is 1. The molecule has 6 nitrogen and oxygen atoms in total. The molecule has 0 aromatic carbocycles. The normalized spacial score (nSPS) is 27.7. The van der Waals surface area contributed by atoms with Crippen LogP contribution in [0.15, 0.2) is 12.2 Å². The molecule has 2 aliphatic heterocycles. The largest absolute Gasteiger partial charge is 0.455 e. The molecule has 2 atom stereocenters. The van der Waals surface area contributed by atoms with Crippen LogP contribution in [0, 0.1) is 0 Å². The van der Waals surface area contributed by atoms with Crippen LogP contribution in [-0.2, 0) is 23.8 Å². The standard InChI is InChI=1S/C17H27NO5/c1-2-5-14-15(23-17(20)8-7-16(19)22-14)6-3-4-9-18-10-12-21-13-11-18/h7-8,14-15H,2-6,9-13H2,1H3/b8-7+. The molecule has 0 bridgehead atoms. The zero-order valence-corrected chi connectivity index (χ0v) is 13.9. The Bertz CT molecular complexity index is 417. The van der Waals surface area contributed by atoms with E-state index in [1.807, 2.05) is 6.92 Å². The Morgan fingerprint density at radius 3 is 2.22 bits per heavy atom. The number of ether oxygens (including phenoxy) is 3. The van der Waals surface area contributed by atoms with Crippen LogP contribution in [0.3, 0.4) is 0 Å². The summed E-state index contributed by atoms with van der Waals surface area (Å²) in [5.74, 6) is -0.917. The summed E-state index contributed by atoms with van der Waals surface area (Å²) in [5.41, 5.74) is 0. The Balaban J connectivity index is 1.80. The van der Waals surface area contributed by atoms with Gasteiger partial charge in [0.25, 0.3) is 0 Å². The molecule has 2 aliphatic rings. The molecule has 2 unspecified atom stereocenters. The highest BCUT2D eigenvalue weighted by Gasteiger charge is 2.28. The summed E-state index contributed by atoms with van der Waals surface area (Å²) in [6.45, 7) is 6.64. The molecular formula is C17H27NO5. The molecule has 0 spiro atoms. The molecule has 0 aliphatic carbocycles. The second-order valence-corrected chi connectivity index (χ2v) is 6.02. The third kappa shape index (κ3) is 6.31. The molecule has 0 radical (unpaired) electrons. The van der Waals surface area contributed by atoms with Crippen LogP contribution >= 0.6 is 0 Å². The van der Waals surface area contributed by atoms with Crippen molar-refractivity contribution in [3.63, 3.8) is 0 Å². The zero-order valence-electron chi connectivity index (χ0n) is 13.9. The number of carbonyl (C=O) groups is 2. The Morgan fingerprint density at radius 1 is 1.00 bits per heavy atom. The van der Waals surface area contributed by atoms with Crippen LogP contribution in [0.25, 0.3) is 0 Å². The Kier molecular flexibility index (Phi) is 7.55. The van der Waals surface area contributed by atoms with Gasteiger partial charge in [-0.25, -0.2) is 9.59 Å². The van der Waals surface area contributed by atoms with Gasteiger partial charge in [-0.1, -0.05) is 13.3 Å². The summed E-state index contributed by atoms with van der Waals surface area (Å²) in [4.78, 5) is 25.7. The minimum Gasteiger partial charge on any atom is -0.455 e. The summed E-state index contributed by atoms with van der Waals surface area (Å²) in [5, 5.41) is 0. The number of rotatable bonds is 7. The second-order valence-electron chi connectivity index (χ2n) is 6.02. The molecule has 0 saturated carbocycles. The van der Waals surface area contributed by atoms with Crippen molar-refractivity contribution in [2.75, 3.05) is 32.8 Å². The first-order valence-electron chi connectivity index (χ1n) is 8.58. The fraction of sp³-hybridized carbons (Fsp3) is 0.765. The quantitative estimate of drug-likeness (QED) is 0.524. The molecule has 2 rings (SSSR count). The summed E-state index contributed by atoms with van der Waals surface area (Å²) in [6.07, 6.45) is 5.89. The maximum Gasteiger partial charge on any atom is 0.331 e. The Hall–Kier alpha value is -1.40. The van der Waals surface area contributed by atoms with Gasteiger partial charge >= 0.3 is 11.9 Å². The second kappa shape index (κ2) is 9.67. The molecule has 130 valence electrons. The van der Waals surface area contributed by atoms with Crippen LogP contribution < -0.4 is 0 Å². The molecule has 0 N–H and O–H groups in total. The number of hydrogen-bond donors (Lipinski definition) is 0. The van der Waals surface area contributed by atoms with E-state index in [0.717, 1.165) is 70.7 Å². The monoisotopic (exact) mass is 325 g/mol. The van der Waals surface area contributed by atoms with Gasteiger partial charge in [-0.05, 0) is 32.2 Å². The number of esters is 2. The van der Waals surface area contributed by atoms with Crippen molar-refractivity contribution in [2.24, 2.45) is 0 Å². The van der Waals surface area contributed by atoms with E-state index in [1.165, 1.54) is 0 Å². The van der Waals surface area contributed by atoms with Crippen molar-refractivity contribution in [1.82, 2.24) is 4.90 Å². The molecule has 6 heteroatoms. The van der Waals surface area contributed by atoms with Gasteiger partial charge < -0.3 is 14.2 Å². The first-order chi connectivity index (χ1) is 11.2. The number of nitrogens with zero attached hydrogens (tertiary/aromatic N) is 1. The van der Waals surface area contributed by atoms with Gasteiger partial charge in [-0.15, -0.1) is 0 Å². The Morgan fingerprint density at radius 2 is 1.61 bits per heavy atom. The minimum absolute atomic E-state index is 0.343. The SMILES string of the molecule is CCCC1OC(=O)/C=C/C(=O)OC1CCCCN1CCOCC1. The van der Waals surface area contributed by atoms with Gasteiger partial charge in [0.2, 0.25) is 0 Å². The fourth-order valence-electron chi connectivity index (χ4n) is 2.94. The minimum atomic E-state index is -0.460. The number of hydrogen-bond acceptors (Lipinski definition) is 6. The van der Waals surface area contributed by atoms with E-state index in [1.54, 1.807) is 0 Å². The molecule has 23 heavy (non-hydrogen) atoms. The highest BCUT2D eigenvalue weighted by atomic mass is 16.6. The van der Waals surface area contributed by atoms with Crippen molar-refractivity contribution in [1.29, 1.82) is 0 Å². The average Bonchev–Trinajstić information content (AvgIpc) is 2.55. The van der Waals surface area contributed by atoms with E-state index in [-0.39, 0.29) is 12.2 Å². The summed E-state index contributed by atoms with van der Waals surface area (Å²) >= 11 is 0. The lowest BCUT2D eigenvalue weighted by Gasteiger charge is -2.28. The molecule has 0 aromatic heterocycles. The van der Waals surface area contributed by atoms with E-state index < -0.39 is 11.9 Å². The highest BCUT2D eigenvalue weighted by molar-refractivity contribution is 5.92. The average molecular weight is 325 g/mol. The zero-order chi connectivity index (χ0) is 16.5. The van der Waals surface area contributed by atoms with Crippen molar-refractivity contribution in [3.8, 4) is 0 Å². The predicted molar refractivity (Wildman–Crippen MR) is 84.9 cm³/mol. The lowest BCUT2D eigenvalue weighted by Crippen LogP contribution is -2.37. The molecule has 2 heterocycles. The molecule has 1 saturated heterocycles. The van der Waals surface area contributed by atoms with Crippen molar-refractivity contribution < 1.29 is 23.8 Å². The van der Waals surface area contributed by atoms with E-state index in [4.69, 9.17) is 14.2 Å². The molecule has 0 aromatic rings. The van der Waals surface area contributed by atoms with Crippen LogP contribution in [0.2, 0.25) is 0 Å².